The maximum absolute atomic E-state index is 12.9. The second kappa shape index (κ2) is 8.20. The van der Waals surface area contributed by atoms with Crippen LogP contribution in [0.2, 0.25) is 0 Å². The minimum Gasteiger partial charge on any atom is -0.478 e. The Hall–Kier alpha value is -4.26. The minimum absolute atomic E-state index is 0.00479. The highest BCUT2D eigenvalue weighted by Gasteiger charge is 2.41. The van der Waals surface area contributed by atoms with E-state index in [9.17, 15) is 24.3 Å². The molecule has 1 unspecified atom stereocenters. The molecule has 1 saturated heterocycles. The second-order valence-electron chi connectivity index (χ2n) is 9.29. The molecule has 0 bridgehead atoms. The van der Waals surface area contributed by atoms with Gasteiger partial charge in [-0.1, -0.05) is 32.0 Å². The van der Waals surface area contributed by atoms with Gasteiger partial charge in [-0.25, -0.2) is 4.79 Å². The van der Waals surface area contributed by atoms with Crippen LogP contribution >= 0.6 is 0 Å². The SMILES string of the molecule is Cc1ccc2c(-c3ccc(N4C(=O)CC(C(C)C)C4=O)cc3C(=O)O)c3ccc(=O)cc-3oc2c1. The van der Waals surface area contributed by atoms with Crippen LogP contribution < -0.4 is 10.3 Å². The van der Waals surface area contributed by atoms with Gasteiger partial charge in [0.05, 0.1) is 17.2 Å². The summed E-state index contributed by atoms with van der Waals surface area (Å²) < 4.78 is 5.99. The van der Waals surface area contributed by atoms with E-state index in [1.54, 1.807) is 18.2 Å². The van der Waals surface area contributed by atoms with Gasteiger partial charge in [0, 0.05) is 29.0 Å². The molecule has 0 aromatic heterocycles. The standard InChI is InChI=1S/C28H23NO6/c1-14(2)21-13-25(31)29(27(21)32)16-5-8-18(22(11-16)28(33)34)26-19-7-4-15(3)10-23(19)35-24-12-17(30)6-9-20(24)26/h4-12,14,21H,13H2,1-3H3,(H,33,34). The number of anilines is 1. The lowest BCUT2D eigenvalue weighted by Gasteiger charge is -2.20. The molecule has 0 spiro atoms. The number of imide groups is 1. The summed E-state index contributed by atoms with van der Waals surface area (Å²) in [5.41, 5.74) is 3.00. The lowest BCUT2D eigenvalue weighted by molar-refractivity contribution is -0.122. The molecule has 1 atom stereocenters. The van der Waals surface area contributed by atoms with Crippen LogP contribution in [0.1, 0.15) is 36.2 Å². The molecule has 1 N–H and O–H groups in total. The largest absolute Gasteiger partial charge is 0.478 e. The lowest BCUT2D eigenvalue weighted by atomic mass is 9.90. The summed E-state index contributed by atoms with van der Waals surface area (Å²) in [5.74, 6) is -1.95. The molecular weight excluding hydrogens is 446 g/mol. The predicted octanol–water partition coefficient (Wildman–Crippen LogP) is 5.11. The maximum Gasteiger partial charge on any atom is 0.336 e. The van der Waals surface area contributed by atoms with Crippen molar-refractivity contribution in [1.29, 1.82) is 0 Å². The number of hydrogen-bond donors (Lipinski definition) is 1. The van der Waals surface area contributed by atoms with Crippen LogP contribution in [0.5, 0.6) is 0 Å². The molecule has 2 aromatic rings. The molecule has 35 heavy (non-hydrogen) atoms. The molecule has 7 heteroatoms. The Morgan fingerprint density at radius 3 is 2.43 bits per heavy atom. The maximum atomic E-state index is 12.9. The van der Waals surface area contributed by atoms with Crippen LogP contribution in [-0.2, 0) is 9.59 Å². The number of carboxylic acids is 1. The fourth-order valence-corrected chi connectivity index (χ4v) is 4.78. The van der Waals surface area contributed by atoms with E-state index >= 15 is 0 Å². The highest BCUT2D eigenvalue weighted by Crippen LogP contribution is 2.42. The van der Waals surface area contributed by atoms with Gasteiger partial charge in [0.2, 0.25) is 11.8 Å². The van der Waals surface area contributed by atoms with Crippen molar-refractivity contribution in [1.82, 2.24) is 0 Å². The third-order valence-electron chi connectivity index (χ3n) is 6.60. The third-order valence-corrected chi connectivity index (χ3v) is 6.60. The summed E-state index contributed by atoms with van der Waals surface area (Å²) in [6.07, 6.45) is 0.104. The predicted molar refractivity (Wildman–Crippen MR) is 132 cm³/mol. The van der Waals surface area contributed by atoms with Crippen molar-refractivity contribution in [2.75, 3.05) is 4.90 Å². The van der Waals surface area contributed by atoms with E-state index in [0.717, 1.165) is 10.5 Å². The number of nitrogens with zero attached hydrogens (tertiary/aromatic N) is 1. The van der Waals surface area contributed by atoms with E-state index in [1.165, 1.54) is 18.2 Å². The number of carbonyl (C=O) groups is 3. The number of aromatic carboxylic acids is 1. The van der Waals surface area contributed by atoms with Crippen molar-refractivity contribution in [3.05, 3.63) is 75.9 Å². The zero-order chi connectivity index (χ0) is 25.0. The van der Waals surface area contributed by atoms with Crippen molar-refractivity contribution < 1.29 is 23.9 Å². The van der Waals surface area contributed by atoms with Gasteiger partial charge in [-0.2, -0.15) is 0 Å². The number of fused-ring (bicyclic) bond motifs is 2. The summed E-state index contributed by atoms with van der Waals surface area (Å²) in [7, 11) is 0. The summed E-state index contributed by atoms with van der Waals surface area (Å²) >= 11 is 0. The molecule has 7 nitrogen and oxygen atoms in total. The van der Waals surface area contributed by atoms with Crippen molar-refractivity contribution in [3.63, 3.8) is 0 Å². The number of hydrogen-bond acceptors (Lipinski definition) is 5. The molecule has 1 aliphatic carbocycles. The number of carbonyl (C=O) groups excluding carboxylic acids is 2. The van der Waals surface area contributed by atoms with Crippen molar-refractivity contribution >= 4 is 34.4 Å². The van der Waals surface area contributed by atoms with Crippen LogP contribution in [0.3, 0.4) is 0 Å². The first kappa shape index (κ1) is 22.5. The normalized spacial score (nSPS) is 16.1. The zero-order valence-electron chi connectivity index (χ0n) is 19.5. The molecule has 2 amide bonds. The van der Waals surface area contributed by atoms with Crippen molar-refractivity contribution in [2.24, 2.45) is 11.8 Å². The molecule has 2 heterocycles. The van der Waals surface area contributed by atoms with E-state index in [2.05, 4.69) is 0 Å². The van der Waals surface area contributed by atoms with E-state index in [0.29, 0.717) is 33.4 Å². The van der Waals surface area contributed by atoms with Gasteiger partial charge in [0.15, 0.2) is 5.43 Å². The molecule has 5 rings (SSSR count). The summed E-state index contributed by atoms with van der Waals surface area (Å²) in [5, 5.41) is 10.8. The quantitative estimate of drug-likeness (QED) is 0.329. The van der Waals surface area contributed by atoms with Crippen LogP contribution in [-0.4, -0.2) is 22.9 Å². The number of benzene rings is 3. The third kappa shape index (κ3) is 3.69. The van der Waals surface area contributed by atoms with Gasteiger partial charge < -0.3 is 9.52 Å². The van der Waals surface area contributed by atoms with Crippen LogP contribution in [0.4, 0.5) is 5.69 Å². The van der Waals surface area contributed by atoms with Crippen molar-refractivity contribution in [2.45, 2.75) is 27.2 Å². The Kier molecular flexibility index (Phi) is 5.28. The van der Waals surface area contributed by atoms with Crippen LogP contribution in [0.15, 0.2) is 63.8 Å². The molecule has 0 saturated carbocycles. The number of aryl methyl sites for hydroxylation is 1. The van der Waals surface area contributed by atoms with Crippen molar-refractivity contribution in [3.8, 4) is 22.5 Å². The topological polar surface area (TPSA) is 105 Å². The zero-order valence-corrected chi connectivity index (χ0v) is 19.5. The Labute approximate surface area is 200 Å². The average Bonchev–Trinajstić information content (AvgIpc) is 3.11. The minimum atomic E-state index is -1.20. The Morgan fingerprint density at radius 2 is 1.74 bits per heavy atom. The fraction of sp³-hybridized carbons (Fsp3) is 0.214. The summed E-state index contributed by atoms with van der Waals surface area (Å²) in [4.78, 5) is 51.1. The number of rotatable bonds is 4. The first-order valence-electron chi connectivity index (χ1n) is 11.4. The van der Waals surface area contributed by atoms with Gasteiger partial charge in [-0.05, 0) is 54.3 Å². The first-order valence-corrected chi connectivity index (χ1v) is 11.4. The lowest BCUT2D eigenvalue weighted by Crippen LogP contribution is -2.31. The second-order valence-corrected chi connectivity index (χ2v) is 9.29. The number of amides is 2. The van der Waals surface area contributed by atoms with Crippen LogP contribution in [0.25, 0.3) is 33.4 Å². The Balaban J connectivity index is 1.76. The molecule has 3 aliphatic rings. The molecule has 2 aliphatic heterocycles. The molecular formula is C28H23NO6. The fourth-order valence-electron chi connectivity index (χ4n) is 4.78. The Bertz CT molecular complexity index is 1560. The highest BCUT2D eigenvalue weighted by molar-refractivity contribution is 6.21. The van der Waals surface area contributed by atoms with Gasteiger partial charge in [-0.15, -0.1) is 0 Å². The van der Waals surface area contributed by atoms with Gasteiger partial charge in [-0.3, -0.25) is 19.3 Å². The van der Waals surface area contributed by atoms with E-state index in [1.807, 2.05) is 39.0 Å². The van der Waals surface area contributed by atoms with Crippen LogP contribution in [0, 0.1) is 18.8 Å². The van der Waals surface area contributed by atoms with E-state index < -0.39 is 11.9 Å². The smallest absolute Gasteiger partial charge is 0.336 e. The molecule has 2 aromatic carbocycles. The van der Waals surface area contributed by atoms with Gasteiger partial charge in [0.25, 0.3) is 0 Å². The highest BCUT2D eigenvalue weighted by atomic mass is 16.4. The van der Waals surface area contributed by atoms with Gasteiger partial charge >= 0.3 is 5.97 Å². The molecule has 0 radical (unpaired) electrons. The first-order chi connectivity index (χ1) is 16.7. The Morgan fingerprint density at radius 1 is 1.00 bits per heavy atom. The molecule has 1 fully saturated rings. The van der Waals surface area contributed by atoms with Gasteiger partial charge in [0.1, 0.15) is 11.3 Å². The summed E-state index contributed by atoms with van der Waals surface area (Å²) in [6, 6.07) is 14.6. The monoisotopic (exact) mass is 469 g/mol. The summed E-state index contributed by atoms with van der Waals surface area (Å²) in [6.45, 7) is 5.68. The number of carboxylic acid groups (broad SMARTS) is 1. The average molecular weight is 469 g/mol. The van der Waals surface area contributed by atoms with E-state index in [-0.39, 0.29) is 40.8 Å². The molecule has 176 valence electrons. The van der Waals surface area contributed by atoms with E-state index in [4.69, 9.17) is 4.42 Å².